The smallest absolute Gasteiger partial charge is 0.240 e. The highest BCUT2D eigenvalue weighted by atomic mass is 32.2. The molecule has 2 aliphatic heterocycles. The average Bonchev–Trinajstić information content (AvgIpc) is 2.84. The second-order valence-electron chi connectivity index (χ2n) is 8.50. The fraction of sp³-hybridized carbons (Fsp3) is 0.458. The molecule has 0 aromatic heterocycles. The Kier molecular flexibility index (Phi) is 7.33. The van der Waals surface area contributed by atoms with E-state index in [1.54, 1.807) is 12.1 Å². The van der Waals surface area contributed by atoms with Crippen molar-refractivity contribution in [1.29, 1.82) is 0 Å². The monoisotopic (exact) mass is 474 g/mol. The lowest BCUT2D eigenvalue weighted by Gasteiger charge is -2.37. The molecule has 178 valence electrons. The largest absolute Gasteiger partial charge is 0.497 e. The van der Waals surface area contributed by atoms with Gasteiger partial charge in [0.25, 0.3) is 0 Å². The minimum Gasteiger partial charge on any atom is -0.497 e. The Bertz CT molecular complexity index is 1070. The lowest BCUT2D eigenvalue weighted by atomic mass is 9.96. The highest BCUT2D eigenvalue weighted by Crippen LogP contribution is 2.26. The SMILES string of the molecule is COc1ccc(S(=O)(=O)N[C@H]2CC[C@@H](CC(=O)N3CCc4ccccc4C3)O[C@H]2CO)cc1. The van der Waals surface area contributed by atoms with Gasteiger partial charge in [0, 0.05) is 13.1 Å². The van der Waals surface area contributed by atoms with Crippen molar-refractivity contribution in [3.8, 4) is 5.75 Å². The molecule has 0 aliphatic carbocycles. The number of nitrogens with zero attached hydrogens (tertiary/aromatic N) is 1. The second-order valence-corrected chi connectivity index (χ2v) is 10.2. The summed E-state index contributed by atoms with van der Waals surface area (Å²) < 4.78 is 39.2. The predicted molar refractivity (Wildman–Crippen MR) is 122 cm³/mol. The third-order valence-corrected chi connectivity index (χ3v) is 7.86. The molecule has 4 rings (SSSR count). The number of carbonyl (C=O) groups excluding carboxylic acids is 1. The molecule has 0 spiro atoms. The number of fused-ring (bicyclic) bond motifs is 1. The second kappa shape index (κ2) is 10.2. The van der Waals surface area contributed by atoms with Crippen LogP contribution in [0.25, 0.3) is 0 Å². The molecule has 1 saturated heterocycles. The van der Waals surface area contributed by atoms with Gasteiger partial charge in [-0.05, 0) is 54.7 Å². The fourth-order valence-electron chi connectivity index (χ4n) is 4.47. The van der Waals surface area contributed by atoms with Gasteiger partial charge in [-0.3, -0.25) is 4.79 Å². The molecule has 1 fully saturated rings. The van der Waals surface area contributed by atoms with Crippen LogP contribution in [0.1, 0.15) is 30.4 Å². The van der Waals surface area contributed by atoms with Crippen molar-refractivity contribution in [2.45, 2.75) is 55.4 Å². The van der Waals surface area contributed by atoms with Crippen LogP contribution in [0.4, 0.5) is 0 Å². The number of methoxy groups -OCH3 is 1. The Morgan fingerprint density at radius 2 is 1.88 bits per heavy atom. The van der Waals surface area contributed by atoms with E-state index in [-0.39, 0.29) is 29.9 Å². The molecule has 2 aromatic carbocycles. The Morgan fingerprint density at radius 3 is 2.58 bits per heavy atom. The molecule has 2 heterocycles. The van der Waals surface area contributed by atoms with Crippen LogP contribution >= 0.6 is 0 Å². The van der Waals surface area contributed by atoms with Gasteiger partial charge in [-0.15, -0.1) is 0 Å². The van der Waals surface area contributed by atoms with Gasteiger partial charge >= 0.3 is 0 Å². The Morgan fingerprint density at radius 1 is 1.15 bits per heavy atom. The molecule has 0 saturated carbocycles. The van der Waals surface area contributed by atoms with Gasteiger partial charge in [-0.2, -0.15) is 0 Å². The van der Waals surface area contributed by atoms with Crippen molar-refractivity contribution in [2.24, 2.45) is 0 Å². The summed E-state index contributed by atoms with van der Waals surface area (Å²) >= 11 is 0. The zero-order valence-electron chi connectivity index (χ0n) is 18.6. The predicted octanol–water partition coefficient (Wildman–Crippen LogP) is 1.86. The number of sulfonamides is 1. The van der Waals surface area contributed by atoms with E-state index >= 15 is 0 Å². The summed E-state index contributed by atoms with van der Waals surface area (Å²) in [5, 5.41) is 9.84. The minimum atomic E-state index is -3.79. The van der Waals surface area contributed by atoms with Crippen molar-refractivity contribution in [3.05, 3.63) is 59.7 Å². The van der Waals surface area contributed by atoms with E-state index < -0.39 is 22.2 Å². The first-order chi connectivity index (χ1) is 15.9. The molecular weight excluding hydrogens is 444 g/mol. The fourth-order valence-corrected chi connectivity index (χ4v) is 5.77. The zero-order valence-corrected chi connectivity index (χ0v) is 19.5. The van der Waals surface area contributed by atoms with Gasteiger partial charge in [0.1, 0.15) is 5.75 Å². The summed E-state index contributed by atoms with van der Waals surface area (Å²) in [7, 11) is -2.27. The standard InChI is InChI=1S/C24H30N2O6S/c1-31-19-6-9-21(10-7-19)33(29,30)25-22-11-8-20(32-23(22)16-27)14-24(28)26-13-12-17-4-2-3-5-18(17)15-26/h2-7,9-10,20,22-23,25,27H,8,11-16H2,1H3/t20-,22-,23-/m0/s1. The summed E-state index contributed by atoms with van der Waals surface area (Å²) in [6.45, 7) is 0.934. The van der Waals surface area contributed by atoms with Gasteiger partial charge < -0.3 is 19.5 Å². The number of rotatable bonds is 7. The first-order valence-electron chi connectivity index (χ1n) is 11.2. The average molecular weight is 475 g/mol. The van der Waals surface area contributed by atoms with Crippen molar-refractivity contribution in [3.63, 3.8) is 0 Å². The van der Waals surface area contributed by atoms with Crippen LogP contribution in [0.5, 0.6) is 5.75 Å². The maximum Gasteiger partial charge on any atom is 0.240 e. The van der Waals surface area contributed by atoms with Crippen LogP contribution < -0.4 is 9.46 Å². The van der Waals surface area contributed by atoms with Crippen LogP contribution in [-0.4, -0.2) is 62.8 Å². The lowest BCUT2D eigenvalue weighted by molar-refractivity contribution is -0.140. The highest BCUT2D eigenvalue weighted by molar-refractivity contribution is 7.89. The van der Waals surface area contributed by atoms with Crippen molar-refractivity contribution >= 4 is 15.9 Å². The number of hydrogen-bond donors (Lipinski definition) is 2. The number of aliphatic hydroxyl groups is 1. The number of amides is 1. The number of benzene rings is 2. The number of nitrogens with one attached hydrogen (secondary N) is 1. The van der Waals surface area contributed by atoms with E-state index in [4.69, 9.17) is 9.47 Å². The van der Waals surface area contributed by atoms with Crippen LogP contribution in [-0.2, 0) is 32.5 Å². The van der Waals surface area contributed by atoms with E-state index in [1.807, 2.05) is 23.1 Å². The summed E-state index contributed by atoms with van der Waals surface area (Å²) in [5.74, 6) is 0.580. The normalized spacial score (nSPS) is 23.1. The molecule has 2 aliphatic rings. The minimum absolute atomic E-state index is 0.0171. The van der Waals surface area contributed by atoms with Crippen LogP contribution in [0.3, 0.4) is 0 Å². The zero-order chi connectivity index (χ0) is 23.4. The first-order valence-corrected chi connectivity index (χ1v) is 12.6. The summed E-state index contributed by atoms with van der Waals surface area (Å²) in [6, 6.07) is 13.7. The molecular formula is C24H30N2O6S. The van der Waals surface area contributed by atoms with Crippen LogP contribution in [0.15, 0.2) is 53.4 Å². The molecule has 8 nitrogen and oxygen atoms in total. The third kappa shape index (κ3) is 5.55. The van der Waals surface area contributed by atoms with Crippen molar-refractivity contribution < 1.29 is 27.8 Å². The van der Waals surface area contributed by atoms with Gasteiger partial charge in [0.15, 0.2) is 0 Å². The maximum absolute atomic E-state index is 12.9. The number of ether oxygens (including phenoxy) is 2. The van der Waals surface area contributed by atoms with Gasteiger partial charge in [0.05, 0.1) is 43.3 Å². The van der Waals surface area contributed by atoms with Crippen molar-refractivity contribution in [2.75, 3.05) is 20.3 Å². The summed E-state index contributed by atoms with van der Waals surface area (Å²) in [4.78, 5) is 14.8. The maximum atomic E-state index is 12.9. The molecule has 0 bridgehead atoms. The Hall–Kier alpha value is -2.46. The third-order valence-electron chi connectivity index (χ3n) is 6.36. The molecule has 2 aromatic rings. The lowest BCUT2D eigenvalue weighted by Crippen LogP contribution is -2.51. The molecule has 3 atom stereocenters. The van der Waals surface area contributed by atoms with Crippen LogP contribution in [0, 0.1) is 0 Å². The quantitative estimate of drug-likeness (QED) is 0.635. The van der Waals surface area contributed by atoms with Gasteiger partial charge in [-0.1, -0.05) is 24.3 Å². The molecule has 9 heteroatoms. The Labute approximate surface area is 194 Å². The van der Waals surface area contributed by atoms with E-state index in [1.165, 1.54) is 30.4 Å². The molecule has 0 unspecified atom stereocenters. The van der Waals surface area contributed by atoms with Crippen LogP contribution in [0.2, 0.25) is 0 Å². The topological polar surface area (TPSA) is 105 Å². The van der Waals surface area contributed by atoms with E-state index in [0.29, 0.717) is 31.7 Å². The van der Waals surface area contributed by atoms with E-state index in [0.717, 1.165) is 6.42 Å². The highest BCUT2D eigenvalue weighted by Gasteiger charge is 2.35. The number of hydrogen-bond acceptors (Lipinski definition) is 6. The Balaban J connectivity index is 1.34. The molecule has 2 N–H and O–H groups in total. The molecule has 1 amide bonds. The summed E-state index contributed by atoms with van der Waals surface area (Å²) in [6.07, 6.45) is 0.989. The van der Waals surface area contributed by atoms with Gasteiger partial charge in [0.2, 0.25) is 15.9 Å². The number of aliphatic hydroxyl groups excluding tert-OH is 1. The molecule has 0 radical (unpaired) electrons. The van der Waals surface area contributed by atoms with E-state index in [9.17, 15) is 18.3 Å². The molecule has 33 heavy (non-hydrogen) atoms. The number of carbonyl (C=O) groups is 1. The summed E-state index contributed by atoms with van der Waals surface area (Å²) in [5.41, 5.74) is 2.45. The van der Waals surface area contributed by atoms with Crippen molar-refractivity contribution in [1.82, 2.24) is 9.62 Å². The first kappa shape index (κ1) is 23.7. The van der Waals surface area contributed by atoms with Gasteiger partial charge in [-0.25, -0.2) is 13.1 Å². The van der Waals surface area contributed by atoms with E-state index in [2.05, 4.69) is 10.8 Å².